The van der Waals surface area contributed by atoms with Crippen LogP contribution >= 0.6 is 0 Å². The van der Waals surface area contributed by atoms with Gasteiger partial charge in [0.2, 0.25) is 17.2 Å². The largest absolute Gasteiger partial charge is 0.493 e. The molecule has 0 aliphatic carbocycles. The number of esters is 2. The maximum Gasteiger partial charge on any atom is 0.308 e. The van der Waals surface area contributed by atoms with E-state index < -0.39 is 11.9 Å². The molecule has 32 heavy (non-hydrogen) atoms. The van der Waals surface area contributed by atoms with Crippen molar-refractivity contribution >= 4 is 11.9 Å². The maximum atomic E-state index is 11.7. The van der Waals surface area contributed by atoms with E-state index >= 15 is 0 Å². The molecule has 0 bridgehead atoms. The molecule has 9 nitrogen and oxygen atoms in total. The molecule has 0 radical (unpaired) electrons. The molecule has 0 amide bonds. The van der Waals surface area contributed by atoms with E-state index in [1.807, 2.05) is 6.07 Å². The van der Waals surface area contributed by atoms with Gasteiger partial charge in [0.25, 0.3) is 0 Å². The highest BCUT2D eigenvalue weighted by Gasteiger charge is 2.32. The molecule has 2 aromatic rings. The number of methoxy groups -OCH3 is 4. The molecule has 172 valence electrons. The standard InChI is InChI=1S/C23H26O9/c1-12(24)31-17-8-7-14-9-15(11-30-19(14)21(17)28-5)16-10-18(26-3)22(29-6)23(20(16)27-4)32-13(2)25/h7-8,10,15H,9,11H2,1-6H3/t15-/m1/s1. The van der Waals surface area contributed by atoms with Crippen molar-refractivity contribution in [3.63, 3.8) is 0 Å². The smallest absolute Gasteiger partial charge is 0.308 e. The quantitative estimate of drug-likeness (QED) is 0.469. The molecule has 0 saturated carbocycles. The first-order valence-electron chi connectivity index (χ1n) is 9.86. The third-order valence-electron chi connectivity index (χ3n) is 5.01. The molecule has 0 N–H and O–H groups in total. The third-order valence-corrected chi connectivity index (χ3v) is 5.01. The van der Waals surface area contributed by atoms with Crippen LogP contribution in [0.5, 0.6) is 40.2 Å². The van der Waals surface area contributed by atoms with Gasteiger partial charge in [-0.3, -0.25) is 9.59 Å². The zero-order valence-corrected chi connectivity index (χ0v) is 18.9. The third kappa shape index (κ3) is 4.37. The van der Waals surface area contributed by atoms with Crippen LogP contribution in [0.4, 0.5) is 0 Å². The molecular formula is C23H26O9. The summed E-state index contributed by atoms with van der Waals surface area (Å²) in [5.41, 5.74) is 1.59. The lowest BCUT2D eigenvalue weighted by molar-refractivity contribution is -0.133. The van der Waals surface area contributed by atoms with Gasteiger partial charge in [-0.05, 0) is 24.1 Å². The van der Waals surface area contributed by atoms with E-state index in [-0.39, 0.29) is 29.8 Å². The van der Waals surface area contributed by atoms with Crippen LogP contribution in [0.25, 0.3) is 0 Å². The Morgan fingerprint density at radius 2 is 1.47 bits per heavy atom. The summed E-state index contributed by atoms with van der Waals surface area (Å²) in [4.78, 5) is 23.1. The Morgan fingerprint density at radius 3 is 2.03 bits per heavy atom. The average molecular weight is 446 g/mol. The van der Waals surface area contributed by atoms with E-state index in [4.69, 9.17) is 33.2 Å². The number of ether oxygens (including phenoxy) is 7. The summed E-state index contributed by atoms with van der Waals surface area (Å²) < 4.78 is 38.6. The zero-order valence-electron chi connectivity index (χ0n) is 18.9. The van der Waals surface area contributed by atoms with Crippen LogP contribution in [0.15, 0.2) is 18.2 Å². The lowest BCUT2D eigenvalue weighted by atomic mass is 9.89. The van der Waals surface area contributed by atoms with Crippen LogP contribution in [0, 0.1) is 0 Å². The van der Waals surface area contributed by atoms with Crippen molar-refractivity contribution in [2.45, 2.75) is 26.2 Å². The molecule has 0 unspecified atom stereocenters. The number of fused-ring (bicyclic) bond motifs is 1. The van der Waals surface area contributed by atoms with E-state index in [1.54, 1.807) is 12.1 Å². The van der Waals surface area contributed by atoms with Crippen molar-refractivity contribution in [1.82, 2.24) is 0 Å². The van der Waals surface area contributed by atoms with Crippen LogP contribution in [-0.4, -0.2) is 47.0 Å². The number of hydrogen-bond donors (Lipinski definition) is 0. The first-order valence-corrected chi connectivity index (χ1v) is 9.86. The molecular weight excluding hydrogens is 420 g/mol. The molecule has 1 aliphatic rings. The summed E-state index contributed by atoms with van der Waals surface area (Å²) in [7, 11) is 5.93. The second kappa shape index (κ2) is 9.67. The van der Waals surface area contributed by atoms with Gasteiger partial charge in [-0.2, -0.15) is 0 Å². The van der Waals surface area contributed by atoms with Crippen molar-refractivity contribution in [3.05, 3.63) is 29.3 Å². The van der Waals surface area contributed by atoms with Crippen LogP contribution in [0.1, 0.15) is 30.9 Å². The van der Waals surface area contributed by atoms with Crippen LogP contribution < -0.4 is 33.2 Å². The number of hydrogen-bond acceptors (Lipinski definition) is 9. The maximum absolute atomic E-state index is 11.7. The van der Waals surface area contributed by atoms with Crippen LogP contribution in [-0.2, 0) is 16.0 Å². The molecule has 1 heterocycles. The minimum absolute atomic E-state index is 0.144. The molecule has 3 rings (SSSR count). The van der Waals surface area contributed by atoms with Gasteiger partial charge < -0.3 is 33.2 Å². The summed E-state index contributed by atoms with van der Waals surface area (Å²) in [6.45, 7) is 2.89. The molecule has 9 heteroatoms. The molecule has 0 fully saturated rings. The van der Waals surface area contributed by atoms with Crippen molar-refractivity contribution in [2.24, 2.45) is 0 Å². The van der Waals surface area contributed by atoms with Crippen molar-refractivity contribution < 1.29 is 42.7 Å². The van der Waals surface area contributed by atoms with Gasteiger partial charge in [0.1, 0.15) is 0 Å². The summed E-state index contributed by atoms with van der Waals surface area (Å²) >= 11 is 0. The van der Waals surface area contributed by atoms with E-state index in [1.165, 1.54) is 42.3 Å². The van der Waals surface area contributed by atoms with Gasteiger partial charge in [0, 0.05) is 25.3 Å². The van der Waals surface area contributed by atoms with Gasteiger partial charge in [-0.1, -0.05) is 6.07 Å². The van der Waals surface area contributed by atoms with E-state index in [0.29, 0.717) is 29.4 Å². The minimum atomic E-state index is -0.520. The number of rotatable bonds is 7. The van der Waals surface area contributed by atoms with Crippen LogP contribution in [0.3, 0.4) is 0 Å². The molecule has 0 saturated heterocycles. The fourth-order valence-corrected chi connectivity index (χ4v) is 3.75. The van der Waals surface area contributed by atoms with E-state index in [9.17, 15) is 9.59 Å². The Balaban J connectivity index is 2.07. The predicted molar refractivity (Wildman–Crippen MR) is 114 cm³/mol. The van der Waals surface area contributed by atoms with Gasteiger partial charge in [0.15, 0.2) is 23.0 Å². The van der Waals surface area contributed by atoms with Gasteiger partial charge in [-0.25, -0.2) is 0 Å². The first-order chi connectivity index (χ1) is 15.3. The highest BCUT2D eigenvalue weighted by molar-refractivity contribution is 5.75. The average Bonchev–Trinajstić information content (AvgIpc) is 2.77. The number of carbonyl (C=O) groups excluding carboxylic acids is 2. The van der Waals surface area contributed by atoms with E-state index in [0.717, 1.165) is 11.1 Å². The monoisotopic (exact) mass is 446 g/mol. The second-order valence-corrected chi connectivity index (χ2v) is 7.05. The SMILES string of the molecule is COc1cc([C@H]2COc3c(ccc(OC(C)=O)c3OC)C2)c(OC)c(OC(C)=O)c1OC. The molecule has 0 aromatic heterocycles. The van der Waals surface area contributed by atoms with Crippen molar-refractivity contribution in [3.8, 4) is 40.2 Å². The summed E-state index contributed by atoms with van der Waals surface area (Å²) in [5.74, 6) is 1.19. The number of carbonyl (C=O) groups is 2. The predicted octanol–water partition coefficient (Wildman–Crippen LogP) is 3.29. The fourth-order valence-electron chi connectivity index (χ4n) is 3.75. The summed E-state index contributed by atoms with van der Waals surface area (Å²) in [6, 6.07) is 5.28. The Kier molecular flexibility index (Phi) is 6.97. The Hall–Kier alpha value is -3.62. The van der Waals surface area contributed by atoms with Gasteiger partial charge in [-0.15, -0.1) is 0 Å². The highest BCUT2D eigenvalue weighted by atomic mass is 16.6. The first kappa shape index (κ1) is 23.1. The fraction of sp³-hybridized carbons (Fsp3) is 0.391. The molecule has 0 spiro atoms. The minimum Gasteiger partial charge on any atom is -0.493 e. The zero-order chi connectivity index (χ0) is 23.4. The molecule has 1 atom stereocenters. The highest BCUT2D eigenvalue weighted by Crippen LogP contribution is 2.51. The summed E-state index contributed by atoms with van der Waals surface area (Å²) in [6.07, 6.45) is 0.567. The Labute approximate surface area is 186 Å². The van der Waals surface area contributed by atoms with Crippen molar-refractivity contribution in [2.75, 3.05) is 35.0 Å². The second-order valence-electron chi connectivity index (χ2n) is 7.05. The Bertz CT molecular complexity index is 1030. The van der Waals surface area contributed by atoms with Gasteiger partial charge in [0.05, 0.1) is 35.0 Å². The normalized spacial score (nSPS) is 14.5. The van der Waals surface area contributed by atoms with E-state index in [2.05, 4.69) is 0 Å². The lowest BCUT2D eigenvalue weighted by Gasteiger charge is -2.29. The molecule has 1 aliphatic heterocycles. The molecule has 2 aromatic carbocycles. The lowest BCUT2D eigenvalue weighted by Crippen LogP contribution is -2.21. The van der Waals surface area contributed by atoms with Crippen molar-refractivity contribution in [1.29, 1.82) is 0 Å². The Morgan fingerprint density at radius 1 is 0.812 bits per heavy atom. The topological polar surface area (TPSA) is 98.8 Å². The van der Waals surface area contributed by atoms with Gasteiger partial charge >= 0.3 is 11.9 Å². The number of benzene rings is 2. The van der Waals surface area contributed by atoms with Crippen LogP contribution in [0.2, 0.25) is 0 Å². The summed E-state index contributed by atoms with van der Waals surface area (Å²) in [5, 5.41) is 0.